The summed E-state index contributed by atoms with van der Waals surface area (Å²) in [6.07, 6.45) is 64.5. The fourth-order valence-electron chi connectivity index (χ4n) is 7.73. The van der Waals surface area contributed by atoms with Gasteiger partial charge in [-0.05, 0) is 70.3 Å². The third-order valence-electron chi connectivity index (χ3n) is 12.1. The molecular weight excluding hydrogens is 892 g/mol. The van der Waals surface area contributed by atoms with Gasteiger partial charge in [-0.3, -0.25) is 18.6 Å². The summed E-state index contributed by atoms with van der Waals surface area (Å²) in [4.78, 5) is 37.5. The Balaban J connectivity index is 5.44. The molecule has 0 heterocycles. The largest absolute Gasteiger partial charge is 0.472 e. The van der Waals surface area contributed by atoms with Gasteiger partial charge >= 0.3 is 13.8 Å². The maximum absolute atomic E-state index is 13.4. The zero-order valence-corrected chi connectivity index (χ0v) is 46.9. The van der Waals surface area contributed by atoms with E-state index in [1.165, 1.54) is 116 Å². The summed E-state index contributed by atoms with van der Waals surface area (Å²) in [5.74, 6) is -0.604. The third kappa shape index (κ3) is 50.1. The van der Waals surface area contributed by atoms with Gasteiger partial charge in [0.25, 0.3) is 0 Å². The Kier molecular flexibility index (Phi) is 47.8. The first-order chi connectivity index (χ1) is 33.9. The summed E-state index contributed by atoms with van der Waals surface area (Å²) >= 11 is 0. The molecule has 1 amide bonds. The molecule has 0 fully saturated rings. The molecule has 0 aliphatic heterocycles. The molecule has 0 saturated heterocycles. The van der Waals surface area contributed by atoms with Crippen molar-refractivity contribution < 1.29 is 37.3 Å². The maximum atomic E-state index is 13.4. The molecule has 0 aromatic carbocycles. The molecule has 0 bridgehead atoms. The van der Waals surface area contributed by atoms with Crippen molar-refractivity contribution in [2.45, 2.75) is 245 Å². The number of phosphoric ester groups is 1. The van der Waals surface area contributed by atoms with E-state index in [0.29, 0.717) is 17.4 Å². The molecule has 0 rings (SSSR count). The van der Waals surface area contributed by atoms with Crippen molar-refractivity contribution in [1.82, 2.24) is 5.32 Å². The molecule has 0 aromatic rings. The molecule has 0 aromatic heterocycles. The minimum atomic E-state index is -4.46. The molecule has 70 heavy (non-hydrogen) atoms. The second-order valence-corrected chi connectivity index (χ2v) is 21.5. The van der Waals surface area contributed by atoms with Crippen LogP contribution in [0.15, 0.2) is 85.1 Å². The average molecular weight is 1000 g/mol. The van der Waals surface area contributed by atoms with E-state index in [0.717, 1.165) is 77.0 Å². The van der Waals surface area contributed by atoms with Gasteiger partial charge in [0, 0.05) is 12.8 Å². The van der Waals surface area contributed by atoms with Gasteiger partial charge in [0.05, 0.1) is 33.8 Å². The van der Waals surface area contributed by atoms with Crippen LogP contribution in [0.2, 0.25) is 0 Å². The minimum Gasteiger partial charge on any atom is -0.456 e. The number of carbonyl (C=O) groups is 2. The van der Waals surface area contributed by atoms with Crippen molar-refractivity contribution in [3.63, 3.8) is 0 Å². The van der Waals surface area contributed by atoms with Crippen LogP contribution in [0.1, 0.15) is 233 Å². The van der Waals surface area contributed by atoms with Crippen molar-refractivity contribution in [2.24, 2.45) is 0 Å². The number of phosphoric acid groups is 1. The van der Waals surface area contributed by atoms with E-state index in [4.69, 9.17) is 13.8 Å². The Morgan fingerprint density at radius 1 is 0.514 bits per heavy atom. The van der Waals surface area contributed by atoms with Gasteiger partial charge < -0.3 is 19.4 Å². The van der Waals surface area contributed by atoms with E-state index in [9.17, 15) is 19.0 Å². The fraction of sp³-hybridized carbons (Fsp3) is 0.733. The normalized spacial score (nSPS) is 14.4. The topological polar surface area (TPSA) is 111 Å². The van der Waals surface area contributed by atoms with Crippen LogP contribution in [0, 0.1) is 0 Å². The van der Waals surface area contributed by atoms with Crippen LogP contribution in [0.5, 0.6) is 0 Å². The van der Waals surface area contributed by atoms with Gasteiger partial charge in [-0.15, -0.1) is 0 Å². The van der Waals surface area contributed by atoms with Crippen molar-refractivity contribution in [1.29, 1.82) is 0 Å². The highest BCUT2D eigenvalue weighted by atomic mass is 31.2. The van der Waals surface area contributed by atoms with Gasteiger partial charge in [-0.25, -0.2) is 4.57 Å². The average Bonchev–Trinajstić information content (AvgIpc) is 3.32. The Bertz CT molecular complexity index is 1480. The molecule has 3 unspecified atom stereocenters. The number of rotatable bonds is 50. The molecule has 3 atom stereocenters. The van der Waals surface area contributed by atoms with Crippen LogP contribution in [0.3, 0.4) is 0 Å². The zero-order chi connectivity index (χ0) is 51.5. The molecule has 0 radical (unpaired) electrons. The number of hydrogen-bond acceptors (Lipinski definition) is 6. The SMILES string of the molecule is CC/C=C\C/C=C\C/C=C\C/C=C\C/C=C\C/C=C\CCC(=O)NC(COP(=O)(O)OCC[N+](C)(C)C)C(/C=C\CCCCCCCCCCC)OC(=O)CCCCCCCCCCCCCCCC. The predicted octanol–water partition coefficient (Wildman–Crippen LogP) is 17.0. The minimum absolute atomic E-state index is 0.0243. The summed E-state index contributed by atoms with van der Waals surface area (Å²) in [6, 6.07) is -0.889. The van der Waals surface area contributed by atoms with Crippen molar-refractivity contribution in [3.8, 4) is 0 Å². The number of amides is 1. The smallest absolute Gasteiger partial charge is 0.456 e. The third-order valence-corrected chi connectivity index (χ3v) is 13.1. The zero-order valence-electron chi connectivity index (χ0n) is 46.0. The van der Waals surface area contributed by atoms with Crippen LogP contribution in [0.25, 0.3) is 0 Å². The molecule has 404 valence electrons. The van der Waals surface area contributed by atoms with Crippen LogP contribution < -0.4 is 5.32 Å². The quantitative estimate of drug-likeness (QED) is 0.0205. The number of esters is 1. The van der Waals surface area contributed by atoms with Crippen LogP contribution in [0.4, 0.5) is 0 Å². The van der Waals surface area contributed by atoms with Crippen LogP contribution in [-0.2, 0) is 27.9 Å². The van der Waals surface area contributed by atoms with E-state index in [2.05, 4.69) is 92.9 Å². The van der Waals surface area contributed by atoms with Gasteiger partial charge in [0.1, 0.15) is 19.3 Å². The van der Waals surface area contributed by atoms with E-state index in [1.54, 1.807) is 0 Å². The lowest BCUT2D eigenvalue weighted by molar-refractivity contribution is -0.870. The highest BCUT2D eigenvalue weighted by Gasteiger charge is 2.30. The van der Waals surface area contributed by atoms with Crippen molar-refractivity contribution >= 4 is 19.7 Å². The number of ether oxygens (including phenoxy) is 1. The molecule has 0 aliphatic carbocycles. The highest BCUT2D eigenvalue weighted by Crippen LogP contribution is 2.43. The van der Waals surface area contributed by atoms with Crippen LogP contribution >= 0.6 is 7.82 Å². The van der Waals surface area contributed by atoms with E-state index in [-0.39, 0.29) is 37.9 Å². The second kappa shape index (κ2) is 49.8. The first-order valence-corrected chi connectivity index (χ1v) is 29.9. The lowest BCUT2D eigenvalue weighted by atomic mass is 10.0. The monoisotopic (exact) mass is 1000 g/mol. The number of nitrogens with one attached hydrogen (secondary N) is 1. The number of quaternary nitrogens is 1. The first kappa shape index (κ1) is 67.2. The molecule has 10 heteroatoms. The number of hydrogen-bond donors (Lipinski definition) is 2. The molecular formula is C60H108N2O7P+. The van der Waals surface area contributed by atoms with Crippen LogP contribution in [-0.4, -0.2) is 74.3 Å². The van der Waals surface area contributed by atoms with E-state index < -0.39 is 20.0 Å². The van der Waals surface area contributed by atoms with E-state index in [1.807, 2.05) is 39.4 Å². The fourth-order valence-corrected chi connectivity index (χ4v) is 8.46. The maximum Gasteiger partial charge on any atom is 0.472 e. The number of carbonyl (C=O) groups excluding carboxylic acids is 2. The van der Waals surface area contributed by atoms with Gasteiger partial charge in [-0.1, -0.05) is 235 Å². The lowest BCUT2D eigenvalue weighted by Crippen LogP contribution is -2.47. The lowest BCUT2D eigenvalue weighted by Gasteiger charge is -2.27. The Morgan fingerprint density at radius 2 is 0.929 bits per heavy atom. The Morgan fingerprint density at radius 3 is 1.37 bits per heavy atom. The Labute approximate surface area is 431 Å². The summed E-state index contributed by atoms with van der Waals surface area (Å²) in [5, 5.41) is 2.99. The number of likely N-dealkylation sites (N-methyl/N-ethyl adjacent to an activating group) is 1. The predicted molar refractivity (Wildman–Crippen MR) is 300 cm³/mol. The van der Waals surface area contributed by atoms with Crippen molar-refractivity contribution in [2.75, 3.05) is 40.9 Å². The molecule has 0 saturated carbocycles. The number of unbranched alkanes of at least 4 members (excludes halogenated alkanes) is 22. The van der Waals surface area contributed by atoms with E-state index >= 15 is 0 Å². The molecule has 0 spiro atoms. The highest BCUT2D eigenvalue weighted by molar-refractivity contribution is 7.47. The molecule has 2 N–H and O–H groups in total. The summed E-state index contributed by atoms with van der Waals surface area (Å²) in [5.41, 5.74) is 0. The second-order valence-electron chi connectivity index (χ2n) is 20.1. The number of nitrogens with zero attached hydrogens (tertiary/aromatic N) is 1. The first-order valence-electron chi connectivity index (χ1n) is 28.4. The summed E-state index contributed by atoms with van der Waals surface area (Å²) in [7, 11) is 1.44. The van der Waals surface area contributed by atoms with Gasteiger partial charge in [0.2, 0.25) is 5.91 Å². The van der Waals surface area contributed by atoms with Crippen molar-refractivity contribution in [3.05, 3.63) is 85.1 Å². The van der Waals surface area contributed by atoms with Gasteiger partial charge in [0.15, 0.2) is 0 Å². The molecule has 0 aliphatic rings. The standard InChI is InChI=1S/C60H107N2O7P/c1-7-10-13-16-19-22-25-27-29-30-31-32-33-34-37-40-43-46-49-52-59(63)61-57(56-68-70(65,66)67-55-54-62(4,5)6)58(51-48-45-42-39-36-24-21-18-15-12-9-3)69-60(64)53-50-47-44-41-38-35-28-26-23-20-17-14-11-8-2/h10,13,19,22,27,29,31-32,34,37,43,46,48,51,57-58H,7-9,11-12,14-18,20-21,23-26,28,30,33,35-36,38-42,44-45,47,49-50,52-56H2,1-6H3,(H-,61,63,65,66)/p+1/b13-10-,22-19-,29-27-,32-31-,37-34-,46-43-,51-48-. The molecule has 9 nitrogen and oxygen atoms in total. The van der Waals surface area contributed by atoms with Gasteiger partial charge in [-0.2, -0.15) is 0 Å². The summed E-state index contributed by atoms with van der Waals surface area (Å²) in [6.45, 7) is 6.82. The Hall–Kier alpha value is -2.81. The number of allylic oxidation sites excluding steroid dienone is 13. The summed E-state index contributed by atoms with van der Waals surface area (Å²) < 4.78 is 30.5.